The van der Waals surface area contributed by atoms with Crippen molar-refractivity contribution >= 4 is 17.3 Å². The fraction of sp³-hybridized carbons (Fsp3) is 0.267. The molecule has 0 bridgehead atoms. The number of hydrogen-bond acceptors (Lipinski definition) is 4. The molecule has 1 N–H and O–H groups in total. The van der Waals surface area contributed by atoms with Gasteiger partial charge in [0.1, 0.15) is 12.1 Å². The van der Waals surface area contributed by atoms with Crippen LogP contribution in [0.1, 0.15) is 17.7 Å². The van der Waals surface area contributed by atoms with Crippen LogP contribution in [-0.4, -0.2) is 25.8 Å². The molecule has 0 spiro atoms. The number of aryl methyl sites for hydroxylation is 2. The molecule has 0 aliphatic heterocycles. The van der Waals surface area contributed by atoms with Crippen molar-refractivity contribution in [2.24, 2.45) is 0 Å². The highest BCUT2D eigenvalue weighted by atomic mass is 19.4. The molecule has 5 nitrogen and oxygen atoms in total. The van der Waals surface area contributed by atoms with Gasteiger partial charge in [0.25, 0.3) is 5.78 Å². The van der Waals surface area contributed by atoms with Gasteiger partial charge in [-0.3, -0.25) is 0 Å². The van der Waals surface area contributed by atoms with Crippen LogP contribution in [0.25, 0.3) is 5.78 Å². The number of halogens is 3. The van der Waals surface area contributed by atoms with Crippen LogP contribution in [-0.2, 0) is 6.42 Å². The summed E-state index contributed by atoms with van der Waals surface area (Å²) in [6, 6.07) is 8.68. The molecule has 0 atom stereocenters. The minimum absolute atomic E-state index is 0.0485. The summed E-state index contributed by atoms with van der Waals surface area (Å²) < 4.78 is 38.5. The van der Waals surface area contributed by atoms with Gasteiger partial charge >= 0.3 is 6.18 Å². The number of fused-ring (bicyclic) bond motifs is 1. The molecule has 1 aromatic carbocycles. The van der Waals surface area contributed by atoms with Gasteiger partial charge in [-0.05, 0) is 31.0 Å². The van der Waals surface area contributed by atoms with E-state index in [1.54, 1.807) is 30.3 Å². The number of alkyl halides is 3. The van der Waals surface area contributed by atoms with E-state index in [-0.39, 0.29) is 6.42 Å². The molecule has 120 valence electrons. The second kappa shape index (κ2) is 5.86. The zero-order chi connectivity index (χ0) is 16.4. The Balaban J connectivity index is 1.83. The lowest BCUT2D eigenvalue weighted by Gasteiger charge is -2.11. The van der Waals surface area contributed by atoms with Gasteiger partial charge in [0.05, 0.1) is 0 Å². The van der Waals surface area contributed by atoms with Crippen molar-refractivity contribution in [2.75, 3.05) is 5.32 Å². The standard InChI is InChI=1S/C15H14F3N5/c1-10-7-13(23-14(21-10)19-9-20-23)22-12-4-2-3-11(8-12)5-6-15(16,17)18/h2-4,7-9,22H,5-6H2,1H3. The quantitative estimate of drug-likeness (QED) is 0.796. The predicted octanol–water partition coefficient (Wildman–Crippen LogP) is 3.67. The van der Waals surface area contributed by atoms with Crippen molar-refractivity contribution < 1.29 is 13.2 Å². The van der Waals surface area contributed by atoms with Crippen LogP contribution < -0.4 is 5.32 Å². The van der Waals surface area contributed by atoms with Crippen LogP contribution in [0.15, 0.2) is 36.7 Å². The summed E-state index contributed by atoms with van der Waals surface area (Å²) in [6.45, 7) is 1.83. The van der Waals surface area contributed by atoms with E-state index in [2.05, 4.69) is 20.4 Å². The number of aromatic nitrogens is 4. The first-order chi connectivity index (χ1) is 10.9. The second-order valence-corrected chi connectivity index (χ2v) is 5.20. The normalized spacial score (nSPS) is 11.8. The van der Waals surface area contributed by atoms with Gasteiger partial charge in [0, 0.05) is 23.9 Å². The zero-order valence-corrected chi connectivity index (χ0v) is 12.3. The molecular formula is C15H14F3N5. The molecule has 0 saturated carbocycles. The van der Waals surface area contributed by atoms with Gasteiger partial charge in [0.2, 0.25) is 0 Å². The van der Waals surface area contributed by atoms with Gasteiger partial charge < -0.3 is 5.32 Å². The van der Waals surface area contributed by atoms with E-state index in [4.69, 9.17) is 0 Å². The number of anilines is 2. The summed E-state index contributed by atoms with van der Waals surface area (Å²) in [7, 11) is 0. The van der Waals surface area contributed by atoms with Crippen molar-refractivity contribution in [3.63, 3.8) is 0 Å². The highest BCUT2D eigenvalue weighted by Crippen LogP contribution is 2.24. The summed E-state index contributed by atoms with van der Waals surface area (Å²) >= 11 is 0. The Morgan fingerprint density at radius 3 is 2.83 bits per heavy atom. The molecular weight excluding hydrogens is 307 g/mol. The molecule has 0 unspecified atom stereocenters. The third-order valence-electron chi connectivity index (χ3n) is 3.28. The fourth-order valence-electron chi connectivity index (χ4n) is 2.26. The van der Waals surface area contributed by atoms with Crippen LogP contribution >= 0.6 is 0 Å². The van der Waals surface area contributed by atoms with Gasteiger partial charge in [-0.25, -0.2) is 4.98 Å². The lowest BCUT2D eigenvalue weighted by Crippen LogP contribution is -2.08. The fourth-order valence-corrected chi connectivity index (χ4v) is 2.26. The minimum atomic E-state index is -4.15. The third-order valence-corrected chi connectivity index (χ3v) is 3.28. The van der Waals surface area contributed by atoms with E-state index in [1.807, 2.05) is 6.92 Å². The summed E-state index contributed by atoms with van der Waals surface area (Å²) in [5, 5.41) is 7.23. The van der Waals surface area contributed by atoms with Gasteiger partial charge in [-0.1, -0.05) is 12.1 Å². The van der Waals surface area contributed by atoms with E-state index in [0.717, 1.165) is 5.69 Å². The van der Waals surface area contributed by atoms with E-state index in [0.29, 0.717) is 22.8 Å². The maximum Gasteiger partial charge on any atom is 0.389 e. The Labute approximate surface area is 130 Å². The molecule has 0 saturated heterocycles. The molecule has 0 fully saturated rings. The molecule has 2 heterocycles. The van der Waals surface area contributed by atoms with E-state index < -0.39 is 12.6 Å². The average molecular weight is 321 g/mol. The molecule has 2 aromatic heterocycles. The van der Waals surface area contributed by atoms with Crippen molar-refractivity contribution in [3.8, 4) is 0 Å². The van der Waals surface area contributed by atoms with Gasteiger partial charge in [0.15, 0.2) is 0 Å². The Bertz CT molecular complexity index is 825. The smallest absolute Gasteiger partial charge is 0.340 e. The molecule has 23 heavy (non-hydrogen) atoms. The average Bonchev–Trinajstić information content (AvgIpc) is 2.93. The number of hydrogen-bond donors (Lipinski definition) is 1. The monoisotopic (exact) mass is 321 g/mol. The first-order valence-corrected chi connectivity index (χ1v) is 7.01. The highest BCUT2D eigenvalue weighted by Gasteiger charge is 2.26. The Hall–Kier alpha value is -2.64. The topological polar surface area (TPSA) is 55.1 Å². The molecule has 0 radical (unpaired) electrons. The van der Waals surface area contributed by atoms with Crippen molar-refractivity contribution in [1.29, 1.82) is 0 Å². The lowest BCUT2D eigenvalue weighted by molar-refractivity contribution is -0.133. The maximum atomic E-state index is 12.3. The number of nitrogens with one attached hydrogen (secondary N) is 1. The maximum absolute atomic E-state index is 12.3. The van der Waals surface area contributed by atoms with Crippen LogP contribution in [0, 0.1) is 6.92 Å². The molecule has 3 aromatic rings. The molecule has 0 aliphatic rings. The number of rotatable bonds is 4. The summed E-state index contributed by atoms with van der Waals surface area (Å²) in [5.74, 6) is 1.11. The van der Waals surface area contributed by atoms with Crippen LogP contribution in [0.3, 0.4) is 0 Å². The first kappa shape index (κ1) is 15.3. The van der Waals surface area contributed by atoms with Crippen molar-refractivity contribution in [1.82, 2.24) is 19.6 Å². The number of benzene rings is 1. The molecule has 8 heteroatoms. The van der Waals surface area contributed by atoms with Gasteiger partial charge in [-0.2, -0.15) is 27.8 Å². The van der Waals surface area contributed by atoms with Crippen LogP contribution in [0.5, 0.6) is 0 Å². The molecule has 3 rings (SSSR count). The third kappa shape index (κ3) is 3.77. The zero-order valence-electron chi connectivity index (χ0n) is 12.3. The van der Waals surface area contributed by atoms with E-state index in [9.17, 15) is 13.2 Å². The molecule has 0 amide bonds. The van der Waals surface area contributed by atoms with E-state index >= 15 is 0 Å². The minimum Gasteiger partial charge on any atom is -0.340 e. The second-order valence-electron chi connectivity index (χ2n) is 5.20. The largest absolute Gasteiger partial charge is 0.389 e. The van der Waals surface area contributed by atoms with Gasteiger partial charge in [-0.15, -0.1) is 0 Å². The first-order valence-electron chi connectivity index (χ1n) is 7.01. The Kier molecular flexibility index (Phi) is 3.89. The Morgan fingerprint density at radius 2 is 2.04 bits per heavy atom. The molecule has 0 aliphatic carbocycles. The summed E-state index contributed by atoms with van der Waals surface area (Å²) in [6.07, 6.45) is -3.64. The highest BCUT2D eigenvalue weighted by molar-refractivity contribution is 5.59. The van der Waals surface area contributed by atoms with Crippen LogP contribution in [0.2, 0.25) is 0 Å². The Morgan fingerprint density at radius 1 is 1.22 bits per heavy atom. The SMILES string of the molecule is Cc1cc(Nc2cccc(CCC(F)(F)F)c2)n2ncnc2n1. The summed E-state index contributed by atoms with van der Waals surface area (Å²) in [5.41, 5.74) is 2.07. The lowest BCUT2D eigenvalue weighted by atomic mass is 10.1. The summed E-state index contributed by atoms with van der Waals surface area (Å²) in [4.78, 5) is 8.27. The number of nitrogens with zero attached hydrogens (tertiary/aromatic N) is 4. The van der Waals surface area contributed by atoms with Crippen LogP contribution in [0.4, 0.5) is 24.7 Å². The van der Waals surface area contributed by atoms with Crippen molar-refractivity contribution in [3.05, 3.63) is 47.9 Å². The van der Waals surface area contributed by atoms with E-state index in [1.165, 1.54) is 10.8 Å². The van der Waals surface area contributed by atoms with Crippen molar-refractivity contribution in [2.45, 2.75) is 25.9 Å². The predicted molar refractivity (Wildman–Crippen MR) is 79.6 cm³/mol.